The standard InChI is InChI=1S/C26H34N4O3/c1-29(2)14-15-33-25-16-20(8-9-24(25)32-3)28-26(31)18-30-12-10-19(11-13-30)22-17-27-23-7-5-4-6-21(22)23/h4-9,16-17,19,27H,10-15,18H2,1-3H3,(H,28,31). The number of nitrogens with zero attached hydrogens (tertiary/aromatic N) is 2. The number of carbonyl (C=O) groups is 1. The van der Waals surface area contributed by atoms with Crippen molar-refractivity contribution in [2.45, 2.75) is 18.8 Å². The van der Waals surface area contributed by atoms with Crippen molar-refractivity contribution >= 4 is 22.5 Å². The largest absolute Gasteiger partial charge is 0.493 e. The normalized spacial score (nSPS) is 15.2. The molecule has 2 N–H and O–H groups in total. The Balaban J connectivity index is 1.29. The van der Waals surface area contributed by atoms with Gasteiger partial charge in [0.1, 0.15) is 6.61 Å². The van der Waals surface area contributed by atoms with E-state index in [4.69, 9.17) is 9.47 Å². The predicted octanol–water partition coefficient (Wildman–Crippen LogP) is 3.94. The maximum absolute atomic E-state index is 12.7. The molecule has 0 radical (unpaired) electrons. The smallest absolute Gasteiger partial charge is 0.238 e. The first-order valence-corrected chi connectivity index (χ1v) is 11.6. The van der Waals surface area contributed by atoms with Crippen molar-refractivity contribution in [3.8, 4) is 11.5 Å². The second kappa shape index (κ2) is 10.7. The number of rotatable bonds is 9. The van der Waals surface area contributed by atoms with Crippen LogP contribution in [0.25, 0.3) is 10.9 Å². The van der Waals surface area contributed by atoms with E-state index in [2.05, 4.69) is 50.6 Å². The van der Waals surface area contributed by atoms with Crippen LogP contribution in [-0.2, 0) is 4.79 Å². The summed E-state index contributed by atoms with van der Waals surface area (Å²) in [5.74, 6) is 1.82. The maximum Gasteiger partial charge on any atom is 0.238 e. The van der Waals surface area contributed by atoms with E-state index in [1.54, 1.807) is 7.11 Å². The van der Waals surface area contributed by atoms with Crippen LogP contribution in [0.5, 0.6) is 11.5 Å². The van der Waals surface area contributed by atoms with Crippen LogP contribution in [0.2, 0.25) is 0 Å². The number of H-pyrrole nitrogens is 1. The van der Waals surface area contributed by atoms with Gasteiger partial charge in [0.25, 0.3) is 0 Å². The lowest BCUT2D eigenvalue weighted by Gasteiger charge is -2.31. The molecule has 0 spiro atoms. The van der Waals surface area contributed by atoms with Gasteiger partial charge in [-0.05, 0) is 69.7 Å². The predicted molar refractivity (Wildman–Crippen MR) is 132 cm³/mol. The second-order valence-electron chi connectivity index (χ2n) is 8.91. The highest BCUT2D eigenvalue weighted by molar-refractivity contribution is 5.92. The van der Waals surface area contributed by atoms with Crippen molar-refractivity contribution in [2.24, 2.45) is 0 Å². The Kier molecular flexibility index (Phi) is 7.52. The van der Waals surface area contributed by atoms with Crippen LogP contribution in [0.1, 0.15) is 24.3 Å². The van der Waals surface area contributed by atoms with E-state index in [9.17, 15) is 4.79 Å². The number of likely N-dealkylation sites (N-methyl/N-ethyl adjacent to an activating group) is 1. The molecule has 0 atom stereocenters. The molecule has 0 saturated carbocycles. The fourth-order valence-electron chi connectivity index (χ4n) is 4.44. The first-order valence-electron chi connectivity index (χ1n) is 11.6. The van der Waals surface area contributed by atoms with E-state index in [1.165, 1.54) is 16.5 Å². The van der Waals surface area contributed by atoms with Crippen LogP contribution >= 0.6 is 0 Å². The molecule has 0 aliphatic carbocycles. The van der Waals surface area contributed by atoms with E-state index < -0.39 is 0 Å². The summed E-state index contributed by atoms with van der Waals surface area (Å²) in [5, 5.41) is 4.33. The van der Waals surface area contributed by atoms with E-state index in [-0.39, 0.29) is 5.91 Å². The highest BCUT2D eigenvalue weighted by Crippen LogP contribution is 2.33. The molecule has 7 heteroatoms. The summed E-state index contributed by atoms with van der Waals surface area (Å²) in [4.78, 5) is 20.4. The summed E-state index contributed by atoms with van der Waals surface area (Å²) in [6.45, 7) is 3.57. The number of benzene rings is 2. The molecule has 4 rings (SSSR count). The first-order chi connectivity index (χ1) is 16.0. The molecule has 176 valence electrons. The van der Waals surface area contributed by atoms with E-state index in [0.717, 1.165) is 32.5 Å². The molecule has 1 aliphatic rings. The average Bonchev–Trinajstić information content (AvgIpc) is 3.24. The zero-order chi connectivity index (χ0) is 23.2. The molecular weight excluding hydrogens is 416 g/mol. The number of methoxy groups -OCH3 is 1. The molecule has 1 aliphatic heterocycles. The Morgan fingerprint density at radius 1 is 1.15 bits per heavy atom. The molecule has 33 heavy (non-hydrogen) atoms. The molecule has 2 aromatic carbocycles. The topological polar surface area (TPSA) is 69.8 Å². The van der Waals surface area contributed by atoms with Gasteiger partial charge in [-0.25, -0.2) is 0 Å². The third kappa shape index (κ3) is 5.86. The Morgan fingerprint density at radius 2 is 1.94 bits per heavy atom. The van der Waals surface area contributed by atoms with Crippen molar-refractivity contribution in [1.82, 2.24) is 14.8 Å². The van der Waals surface area contributed by atoms with Gasteiger partial charge in [-0.3, -0.25) is 9.69 Å². The number of nitrogens with one attached hydrogen (secondary N) is 2. The van der Waals surface area contributed by atoms with Crippen LogP contribution in [0.3, 0.4) is 0 Å². The number of aromatic nitrogens is 1. The number of aromatic amines is 1. The van der Waals surface area contributed by atoms with Crippen molar-refractivity contribution in [1.29, 1.82) is 0 Å². The summed E-state index contributed by atoms with van der Waals surface area (Å²) in [6.07, 6.45) is 4.27. The molecule has 0 unspecified atom stereocenters. The number of hydrogen-bond donors (Lipinski definition) is 2. The molecule has 1 aromatic heterocycles. The average molecular weight is 451 g/mol. The molecule has 1 amide bonds. The summed E-state index contributed by atoms with van der Waals surface area (Å²) in [7, 11) is 5.62. The molecule has 7 nitrogen and oxygen atoms in total. The third-order valence-corrected chi connectivity index (χ3v) is 6.26. The minimum Gasteiger partial charge on any atom is -0.493 e. The Morgan fingerprint density at radius 3 is 2.70 bits per heavy atom. The van der Waals surface area contributed by atoms with Gasteiger partial charge in [0.05, 0.1) is 13.7 Å². The van der Waals surface area contributed by atoms with Crippen molar-refractivity contribution in [3.05, 3.63) is 54.2 Å². The van der Waals surface area contributed by atoms with Gasteiger partial charge in [-0.2, -0.15) is 0 Å². The summed E-state index contributed by atoms with van der Waals surface area (Å²) in [5.41, 5.74) is 3.31. The molecule has 2 heterocycles. The van der Waals surface area contributed by atoms with Gasteiger partial charge in [0.15, 0.2) is 11.5 Å². The van der Waals surface area contributed by atoms with E-state index in [0.29, 0.717) is 36.3 Å². The van der Waals surface area contributed by atoms with Gasteiger partial charge >= 0.3 is 0 Å². The molecule has 1 fully saturated rings. The van der Waals surface area contributed by atoms with Gasteiger partial charge in [0.2, 0.25) is 5.91 Å². The fraction of sp³-hybridized carbons (Fsp3) is 0.423. The number of fused-ring (bicyclic) bond motifs is 1. The maximum atomic E-state index is 12.7. The van der Waals surface area contributed by atoms with E-state index >= 15 is 0 Å². The number of likely N-dealkylation sites (tertiary alicyclic amines) is 1. The first kappa shape index (κ1) is 23.1. The van der Waals surface area contributed by atoms with Crippen LogP contribution in [0.15, 0.2) is 48.7 Å². The fourth-order valence-corrected chi connectivity index (χ4v) is 4.44. The molecular formula is C26H34N4O3. The second-order valence-corrected chi connectivity index (χ2v) is 8.91. The van der Waals surface area contributed by atoms with Gasteiger partial charge in [-0.1, -0.05) is 18.2 Å². The minimum atomic E-state index is -0.00930. The Bertz CT molecular complexity index is 1070. The monoisotopic (exact) mass is 450 g/mol. The van der Waals surface area contributed by atoms with Crippen LogP contribution < -0.4 is 14.8 Å². The lowest BCUT2D eigenvalue weighted by Crippen LogP contribution is -2.38. The van der Waals surface area contributed by atoms with Gasteiger partial charge in [-0.15, -0.1) is 0 Å². The summed E-state index contributed by atoms with van der Waals surface area (Å²) in [6, 6.07) is 14.0. The van der Waals surface area contributed by atoms with Crippen LogP contribution in [0.4, 0.5) is 5.69 Å². The highest BCUT2D eigenvalue weighted by atomic mass is 16.5. The minimum absolute atomic E-state index is 0.00930. The lowest BCUT2D eigenvalue weighted by molar-refractivity contribution is -0.117. The number of amides is 1. The van der Waals surface area contributed by atoms with Crippen molar-refractivity contribution in [3.63, 3.8) is 0 Å². The number of hydrogen-bond acceptors (Lipinski definition) is 5. The number of piperidine rings is 1. The number of anilines is 1. The number of carbonyl (C=O) groups excluding carboxylic acids is 1. The lowest BCUT2D eigenvalue weighted by atomic mass is 9.89. The molecule has 1 saturated heterocycles. The quantitative estimate of drug-likeness (QED) is 0.517. The van der Waals surface area contributed by atoms with Gasteiger partial charge in [0, 0.05) is 35.4 Å². The number of ether oxygens (including phenoxy) is 2. The third-order valence-electron chi connectivity index (χ3n) is 6.26. The van der Waals surface area contributed by atoms with Crippen LogP contribution in [0, 0.1) is 0 Å². The molecule has 3 aromatic rings. The number of para-hydroxylation sites is 1. The van der Waals surface area contributed by atoms with Crippen LogP contribution in [-0.4, -0.2) is 74.7 Å². The zero-order valence-corrected chi connectivity index (χ0v) is 19.8. The summed E-state index contributed by atoms with van der Waals surface area (Å²) >= 11 is 0. The SMILES string of the molecule is COc1ccc(NC(=O)CN2CCC(c3c[nH]c4ccccc34)CC2)cc1OCCN(C)C. The molecule has 0 bridgehead atoms. The Hall–Kier alpha value is -3.03. The van der Waals surface area contributed by atoms with Crippen molar-refractivity contribution in [2.75, 3.05) is 59.3 Å². The Labute approximate surface area is 195 Å². The highest BCUT2D eigenvalue weighted by Gasteiger charge is 2.24. The van der Waals surface area contributed by atoms with E-state index in [1.807, 2.05) is 32.3 Å². The summed E-state index contributed by atoms with van der Waals surface area (Å²) < 4.78 is 11.2. The van der Waals surface area contributed by atoms with Gasteiger partial charge < -0.3 is 24.7 Å². The zero-order valence-electron chi connectivity index (χ0n) is 19.8. The van der Waals surface area contributed by atoms with Crippen molar-refractivity contribution < 1.29 is 14.3 Å².